The van der Waals surface area contributed by atoms with Crippen molar-refractivity contribution in [1.29, 1.82) is 0 Å². The SMILES string of the molecule is CN(C)C(=O)C(C)(C)COC(=O)[C@@H](N)Cc1cccc(S(=O)(=O)N2CC(Oc3cccc(F)c3)(c3ccccc3)C2)c1. The molecule has 1 fully saturated rings. The first-order chi connectivity index (χ1) is 19.7. The van der Waals surface area contributed by atoms with Crippen LogP contribution in [0.2, 0.25) is 0 Å². The summed E-state index contributed by atoms with van der Waals surface area (Å²) in [6, 6.07) is 20.1. The molecule has 0 unspecified atom stereocenters. The lowest BCUT2D eigenvalue weighted by Crippen LogP contribution is -2.64. The molecule has 224 valence electrons. The molecule has 0 bridgehead atoms. The average Bonchev–Trinajstić information content (AvgIpc) is 2.93. The number of rotatable bonds is 11. The smallest absolute Gasteiger partial charge is 0.323 e. The summed E-state index contributed by atoms with van der Waals surface area (Å²) in [7, 11) is -0.682. The third-order valence-corrected chi connectivity index (χ3v) is 8.92. The summed E-state index contributed by atoms with van der Waals surface area (Å²) in [5, 5.41) is 0. The van der Waals surface area contributed by atoms with Crippen LogP contribution in [-0.2, 0) is 36.4 Å². The Hall–Kier alpha value is -3.80. The normalized spacial score (nSPS) is 15.8. The van der Waals surface area contributed by atoms with Crippen LogP contribution in [0.4, 0.5) is 4.39 Å². The Morgan fingerprint density at radius 1 is 1.02 bits per heavy atom. The molecular formula is C31H36FN3O6S. The van der Waals surface area contributed by atoms with Gasteiger partial charge in [-0.1, -0.05) is 48.5 Å². The van der Waals surface area contributed by atoms with E-state index in [0.717, 1.165) is 5.56 Å². The maximum atomic E-state index is 13.8. The summed E-state index contributed by atoms with van der Waals surface area (Å²) < 4.78 is 53.9. The van der Waals surface area contributed by atoms with Crippen molar-refractivity contribution in [3.63, 3.8) is 0 Å². The average molecular weight is 598 g/mol. The second kappa shape index (κ2) is 12.2. The summed E-state index contributed by atoms with van der Waals surface area (Å²) in [4.78, 5) is 26.3. The van der Waals surface area contributed by atoms with Crippen LogP contribution in [0.5, 0.6) is 5.75 Å². The van der Waals surface area contributed by atoms with E-state index in [0.29, 0.717) is 11.3 Å². The van der Waals surface area contributed by atoms with Crippen LogP contribution in [0.15, 0.2) is 83.8 Å². The van der Waals surface area contributed by atoms with Gasteiger partial charge in [-0.2, -0.15) is 4.31 Å². The van der Waals surface area contributed by atoms with Crippen molar-refractivity contribution in [2.45, 2.75) is 36.8 Å². The van der Waals surface area contributed by atoms with Crippen molar-refractivity contribution in [3.8, 4) is 5.75 Å². The lowest BCUT2D eigenvalue weighted by molar-refractivity contribution is -0.153. The van der Waals surface area contributed by atoms with Gasteiger partial charge in [0.1, 0.15) is 24.2 Å². The third-order valence-electron chi connectivity index (χ3n) is 7.13. The number of hydrogen-bond acceptors (Lipinski definition) is 7. The molecule has 1 heterocycles. The Labute approximate surface area is 246 Å². The van der Waals surface area contributed by atoms with E-state index in [1.54, 1.807) is 46.1 Å². The first-order valence-corrected chi connectivity index (χ1v) is 14.9. The number of carbonyl (C=O) groups excluding carboxylic acids is 2. The molecule has 11 heteroatoms. The van der Waals surface area contributed by atoms with Gasteiger partial charge in [0.05, 0.1) is 23.4 Å². The van der Waals surface area contributed by atoms with Crippen molar-refractivity contribution in [2.24, 2.45) is 11.1 Å². The molecule has 2 N–H and O–H groups in total. The van der Waals surface area contributed by atoms with Crippen LogP contribution in [-0.4, -0.2) is 69.3 Å². The lowest BCUT2D eigenvalue weighted by atomic mass is 9.87. The fourth-order valence-electron chi connectivity index (χ4n) is 4.84. The zero-order valence-electron chi connectivity index (χ0n) is 24.1. The predicted molar refractivity (Wildman–Crippen MR) is 155 cm³/mol. The van der Waals surface area contributed by atoms with Crippen LogP contribution in [0.25, 0.3) is 0 Å². The molecule has 4 rings (SSSR count). The first kappa shape index (κ1) is 31.1. The standard InChI is InChI=1S/C31H36FN3O6S/c1-30(2,29(37)34(3)4)21-40-28(36)27(33)17-22-10-8-15-26(16-22)42(38,39)35-19-31(20-35,23-11-6-5-7-12-23)41-25-14-9-13-24(32)18-25/h5-16,18,27H,17,19-21,33H2,1-4H3/t27-/m0/s1. The van der Waals surface area contributed by atoms with E-state index in [1.807, 2.05) is 30.3 Å². The van der Waals surface area contributed by atoms with Crippen molar-refractivity contribution < 1.29 is 31.9 Å². The van der Waals surface area contributed by atoms with E-state index in [1.165, 1.54) is 39.5 Å². The van der Waals surface area contributed by atoms with Gasteiger partial charge in [-0.25, -0.2) is 12.8 Å². The number of ether oxygens (including phenoxy) is 2. The van der Waals surface area contributed by atoms with Gasteiger partial charge in [-0.05, 0) is 55.7 Å². The van der Waals surface area contributed by atoms with Gasteiger partial charge in [-0.3, -0.25) is 9.59 Å². The van der Waals surface area contributed by atoms with Gasteiger partial charge in [-0.15, -0.1) is 0 Å². The second-order valence-corrected chi connectivity index (χ2v) is 13.3. The molecule has 1 aliphatic rings. The van der Waals surface area contributed by atoms with Crippen LogP contribution in [0.1, 0.15) is 25.0 Å². The number of sulfonamides is 1. The highest BCUT2D eigenvalue weighted by Gasteiger charge is 2.52. The fraction of sp³-hybridized carbons (Fsp3) is 0.355. The Balaban J connectivity index is 1.45. The number of halogens is 1. The predicted octanol–water partition coefficient (Wildman–Crippen LogP) is 3.33. The maximum absolute atomic E-state index is 13.8. The lowest BCUT2D eigenvalue weighted by Gasteiger charge is -2.48. The summed E-state index contributed by atoms with van der Waals surface area (Å²) in [6.45, 7) is 3.25. The molecule has 0 saturated carbocycles. The minimum atomic E-state index is -3.93. The molecule has 0 aromatic heterocycles. The summed E-state index contributed by atoms with van der Waals surface area (Å²) in [5.41, 5.74) is 5.48. The van der Waals surface area contributed by atoms with Crippen molar-refractivity contribution >= 4 is 21.9 Å². The van der Waals surface area contributed by atoms with Gasteiger partial charge in [0.25, 0.3) is 0 Å². The molecule has 1 saturated heterocycles. The van der Waals surface area contributed by atoms with E-state index >= 15 is 0 Å². The third kappa shape index (κ3) is 6.80. The van der Waals surface area contributed by atoms with E-state index < -0.39 is 38.9 Å². The van der Waals surface area contributed by atoms with Crippen molar-refractivity contribution in [3.05, 3.63) is 95.8 Å². The van der Waals surface area contributed by atoms with Gasteiger partial charge in [0.2, 0.25) is 15.9 Å². The number of carbonyl (C=O) groups is 2. The number of hydrogen-bond donors (Lipinski definition) is 1. The van der Waals surface area contributed by atoms with Gasteiger partial charge < -0.3 is 20.1 Å². The Morgan fingerprint density at radius 2 is 1.69 bits per heavy atom. The highest BCUT2D eigenvalue weighted by atomic mass is 32.2. The van der Waals surface area contributed by atoms with Crippen LogP contribution in [0.3, 0.4) is 0 Å². The molecule has 9 nitrogen and oxygen atoms in total. The molecule has 1 aliphatic heterocycles. The molecule has 0 spiro atoms. The minimum absolute atomic E-state index is 0.0212. The zero-order chi connectivity index (χ0) is 30.7. The fourth-order valence-corrected chi connectivity index (χ4v) is 6.45. The molecule has 3 aromatic carbocycles. The molecule has 42 heavy (non-hydrogen) atoms. The van der Waals surface area contributed by atoms with E-state index in [-0.39, 0.29) is 36.9 Å². The van der Waals surface area contributed by atoms with Gasteiger partial charge in [0, 0.05) is 20.2 Å². The molecular weight excluding hydrogens is 561 g/mol. The summed E-state index contributed by atoms with van der Waals surface area (Å²) in [5.74, 6) is -1.03. The van der Waals surface area contributed by atoms with Crippen molar-refractivity contribution in [1.82, 2.24) is 9.21 Å². The van der Waals surface area contributed by atoms with Crippen molar-refractivity contribution in [2.75, 3.05) is 33.8 Å². The summed E-state index contributed by atoms with van der Waals surface area (Å²) >= 11 is 0. The quantitative estimate of drug-likeness (QED) is 0.337. The number of esters is 1. The van der Waals surface area contributed by atoms with Crippen LogP contribution in [0, 0.1) is 11.2 Å². The first-order valence-electron chi connectivity index (χ1n) is 13.5. The van der Waals surface area contributed by atoms with E-state index in [2.05, 4.69) is 0 Å². The molecule has 1 amide bonds. The highest BCUT2D eigenvalue weighted by molar-refractivity contribution is 7.89. The number of nitrogens with zero attached hydrogens (tertiary/aromatic N) is 2. The van der Waals surface area contributed by atoms with E-state index in [4.69, 9.17) is 15.2 Å². The maximum Gasteiger partial charge on any atom is 0.323 e. The zero-order valence-corrected chi connectivity index (χ0v) is 24.9. The largest absolute Gasteiger partial charge is 0.480 e. The van der Waals surface area contributed by atoms with Crippen LogP contribution < -0.4 is 10.5 Å². The van der Waals surface area contributed by atoms with Crippen LogP contribution >= 0.6 is 0 Å². The number of amides is 1. The minimum Gasteiger partial charge on any atom is -0.480 e. The van der Waals surface area contributed by atoms with Gasteiger partial charge in [0.15, 0.2) is 5.60 Å². The monoisotopic (exact) mass is 597 g/mol. The number of nitrogens with two attached hydrogens (primary N) is 1. The van der Waals surface area contributed by atoms with Gasteiger partial charge >= 0.3 is 5.97 Å². The molecule has 1 atom stereocenters. The highest BCUT2D eigenvalue weighted by Crippen LogP contribution is 2.40. The summed E-state index contributed by atoms with van der Waals surface area (Å²) in [6.07, 6.45) is 0.0425. The second-order valence-electron chi connectivity index (χ2n) is 11.3. The Kier molecular flexibility index (Phi) is 9.05. The molecule has 0 radical (unpaired) electrons. The molecule has 3 aromatic rings. The van der Waals surface area contributed by atoms with E-state index in [9.17, 15) is 22.4 Å². The Morgan fingerprint density at radius 3 is 2.33 bits per heavy atom. The molecule has 0 aliphatic carbocycles. The topological polar surface area (TPSA) is 119 Å². The Bertz CT molecular complexity index is 1540. The number of benzene rings is 3.